The SMILES string of the molecule is O=C1CC(NC2CCCC2)C(=O)N1c1ccc(N2C(=O)CC(NC3CCCC3)C2=O)cc1. The molecule has 0 aromatic heterocycles. The molecule has 32 heavy (non-hydrogen) atoms. The van der Waals surface area contributed by atoms with E-state index in [1.165, 1.54) is 9.80 Å². The first-order valence-corrected chi connectivity index (χ1v) is 11.9. The minimum absolute atomic E-state index is 0.161. The van der Waals surface area contributed by atoms with Crippen molar-refractivity contribution in [2.24, 2.45) is 0 Å². The van der Waals surface area contributed by atoms with E-state index in [9.17, 15) is 19.2 Å². The first-order chi connectivity index (χ1) is 15.5. The average molecular weight is 439 g/mol. The fraction of sp³-hybridized carbons (Fsp3) is 0.583. The van der Waals surface area contributed by atoms with Crippen molar-refractivity contribution in [3.05, 3.63) is 24.3 Å². The molecule has 4 fully saturated rings. The standard InChI is InChI=1S/C24H30N4O4/c29-21-13-19(25-15-5-1-2-6-15)23(31)27(21)17-9-11-18(12-10-17)28-22(30)14-20(24(28)32)26-16-7-3-4-8-16/h9-12,15-16,19-20,25-26H,1-8,13-14H2. The Kier molecular flexibility index (Phi) is 5.82. The van der Waals surface area contributed by atoms with E-state index >= 15 is 0 Å². The van der Waals surface area contributed by atoms with Crippen LogP contribution in [-0.4, -0.2) is 47.8 Å². The lowest BCUT2D eigenvalue weighted by atomic mass is 10.2. The quantitative estimate of drug-likeness (QED) is 0.660. The maximum Gasteiger partial charge on any atom is 0.251 e. The molecule has 2 atom stereocenters. The van der Waals surface area contributed by atoms with E-state index < -0.39 is 12.1 Å². The number of hydrogen-bond donors (Lipinski definition) is 2. The van der Waals surface area contributed by atoms with Crippen molar-refractivity contribution in [1.82, 2.24) is 10.6 Å². The van der Waals surface area contributed by atoms with Gasteiger partial charge in [-0.15, -0.1) is 0 Å². The zero-order valence-electron chi connectivity index (χ0n) is 18.2. The zero-order valence-corrected chi connectivity index (χ0v) is 18.2. The topological polar surface area (TPSA) is 98.8 Å². The molecule has 2 N–H and O–H groups in total. The lowest BCUT2D eigenvalue weighted by Gasteiger charge is -2.20. The van der Waals surface area contributed by atoms with Gasteiger partial charge in [-0.25, -0.2) is 9.80 Å². The third-order valence-corrected chi connectivity index (χ3v) is 7.24. The monoisotopic (exact) mass is 438 g/mol. The lowest BCUT2D eigenvalue weighted by Crippen LogP contribution is -2.43. The van der Waals surface area contributed by atoms with Gasteiger partial charge in [0.15, 0.2) is 0 Å². The van der Waals surface area contributed by atoms with Crippen molar-refractivity contribution < 1.29 is 19.2 Å². The van der Waals surface area contributed by atoms with Crippen molar-refractivity contribution in [1.29, 1.82) is 0 Å². The van der Waals surface area contributed by atoms with Crippen LogP contribution in [0.1, 0.15) is 64.2 Å². The van der Waals surface area contributed by atoms with Crippen LogP contribution in [-0.2, 0) is 19.2 Å². The van der Waals surface area contributed by atoms with E-state index in [-0.39, 0.29) is 36.5 Å². The minimum Gasteiger partial charge on any atom is -0.303 e. The summed E-state index contributed by atoms with van der Waals surface area (Å²) in [4.78, 5) is 53.3. The number of carbonyl (C=O) groups is 4. The Bertz CT molecular complexity index is 843. The number of rotatable bonds is 6. The molecule has 2 saturated carbocycles. The molecule has 0 radical (unpaired) electrons. The summed E-state index contributed by atoms with van der Waals surface area (Å²) in [6.07, 6.45) is 9.12. The van der Waals surface area contributed by atoms with Gasteiger partial charge in [-0.2, -0.15) is 0 Å². The van der Waals surface area contributed by atoms with Crippen LogP contribution in [0.5, 0.6) is 0 Å². The molecule has 2 aliphatic heterocycles. The number of imide groups is 2. The van der Waals surface area contributed by atoms with E-state index in [2.05, 4.69) is 10.6 Å². The molecule has 2 aliphatic carbocycles. The van der Waals surface area contributed by atoms with Gasteiger partial charge in [0.25, 0.3) is 11.8 Å². The lowest BCUT2D eigenvalue weighted by molar-refractivity contribution is -0.123. The number of anilines is 2. The van der Waals surface area contributed by atoms with Gasteiger partial charge in [0, 0.05) is 12.1 Å². The van der Waals surface area contributed by atoms with Crippen molar-refractivity contribution >= 4 is 35.0 Å². The maximum absolute atomic E-state index is 12.9. The molecule has 4 amide bonds. The normalized spacial score (nSPS) is 27.5. The van der Waals surface area contributed by atoms with Crippen LogP contribution in [0.15, 0.2) is 24.3 Å². The summed E-state index contributed by atoms with van der Waals surface area (Å²) in [6.45, 7) is 0. The molecule has 1 aromatic carbocycles. The molecule has 0 bridgehead atoms. The highest BCUT2D eigenvalue weighted by Gasteiger charge is 2.42. The summed E-state index contributed by atoms with van der Waals surface area (Å²) in [7, 11) is 0. The smallest absolute Gasteiger partial charge is 0.251 e. The molecule has 2 saturated heterocycles. The summed E-state index contributed by atoms with van der Waals surface area (Å²) in [6, 6.07) is 6.21. The largest absolute Gasteiger partial charge is 0.303 e. The van der Waals surface area contributed by atoms with Gasteiger partial charge < -0.3 is 10.6 Å². The van der Waals surface area contributed by atoms with Gasteiger partial charge in [0.05, 0.1) is 36.3 Å². The molecule has 1 aromatic rings. The van der Waals surface area contributed by atoms with Gasteiger partial charge in [0.2, 0.25) is 11.8 Å². The molecule has 0 spiro atoms. The second kappa shape index (κ2) is 8.75. The van der Waals surface area contributed by atoms with E-state index in [0.29, 0.717) is 23.5 Å². The molecule has 170 valence electrons. The Labute approximate surface area is 187 Å². The number of amides is 4. The molecular formula is C24H30N4O4. The maximum atomic E-state index is 12.9. The van der Waals surface area contributed by atoms with Gasteiger partial charge in [0.1, 0.15) is 0 Å². The zero-order chi connectivity index (χ0) is 22.2. The number of benzene rings is 1. The van der Waals surface area contributed by atoms with Crippen molar-refractivity contribution in [3.63, 3.8) is 0 Å². The Balaban J connectivity index is 1.26. The summed E-state index contributed by atoms with van der Waals surface area (Å²) in [5, 5.41) is 6.69. The van der Waals surface area contributed by atoms with Crippen LogP contribution in [0.2, 0.25) is 0 Å². The van der Waals surface area contributed by atoms with Crippen LogP contribution in [0, 0.1) is 0 Å². The molecular weight excluding hydrogens is 408 g/mol. The number of nitrogens with zero attached hydrogens (tertiary/aromatic N) is 2. The predicted molar refractivity (Wildman–Crippen MR) is 119 cm³/mol. The van der Waals surface area contributed by atoms with Gasteiger partial charge in [-0.1, -0.05) is 25.7 Å². The Morgan fingerprint density at radius 2 is 0.938 bits per heavy atom. The summed E-state index contributed by atoms with van der Waals surface area (Å²) in [5.74, 6) is -0.924. The molecule has 4 aliphatic rings. The summed E-state index contributed by atoms with van der Waals surface area (Å²) < 4.78 is 0. The highest BCUT2D eigenvalue weighted by Crippen LogP contribution is 2.30. The highest BCUT2D eigenvalue weighted by atomic mass is 16.2. The van der Waals surface area contributed by atoms with Crippen LogP contribution >= 0.6 is 0 Å². The highest BCUT2D eigenvalue weighted by molar-refractivity contribution is 6.24. The number of hydrogen-bond acceptors (Lipinski definition) is 6. The molecule has 8 heteroatoms. The van der Waals surface area contributed by atoms with Crippen molar-refractivity contribution in [2.75, 3.05) is 9.80 Å². The molecule has 2 heterocycles. The fourth-order valence-electron chi connectivity index (χ4n) is 5.57. The molecule has 2 unspecified atom stereocenters. The van der Waals surface area contributed by atoms with E-state index in [1.54, 1.807) is 24.3 Å². The van der Waals surface area contributed by atoms with Crippen LogP contribution < -0.4 is 20.4 Å². The molecule has 5 rings (SSSR count). The van der Waals surface area contributed by atoms with E-state index in [1.807, 2.05) is 0 Å². The van der Waals surface area contributed by atoms with Crippen LogP contribution in [0.3, 0.4) is 0 Å². The third kappa shape index (κ3) is 3.97. The second-order valence-corrected chi connectivity index (χ2v) is 9.46. The average Bonchev–Trinajstić information content (AvgIpc) is 3.56. The van der Waals surface area contributed by atoms with Crippen LogP contribution in [0.4, 0.5) is 11.4 Å². The molecule has 8 nitrogen and oxygen atoms in total. The van der Waals surface area contributed by atoms with Gasteiger partial charge in [-0.05, 0) is 49.9 Å². The number of carbonyl (C=O) groups excluding carboxylic acids is 4. The van der Waals surface area contributed by atoms with Crippen molar-refractivity contribution in [3.8, 4) is 0 Å². The Morgan fingerprint density at radius 1 is 0.594 bits per heavy atom. The van der Waals surface area contributed by atoms with Crippen molar-refractivity contribution in [2.45, 2.75) is 88.4 Å². The number of nitrogens with one attached hydrogen (secondary N) is 2. The van der Waals surface area contributed by atoms with Gasteiger partial charge >= 0.3 is 0 Å². The Hall–Kier alpha value is -2.58. The Morgan fingerprint density at radius 3 is 1.28 bits per heavy atom. The summed E-state index contributed by atoms with van der Waals surface area (Å²) in [5.41, 5.74) is 0.943. The van der Waals surface area contributed by atoms with E-state index in [4.69, 9.17) is 0 Å². The predicted octanol–water partition coefficient (Wildman–Crippen LogP) is 2.01. The van der Waals surface area contributed by atoms with Crippen LogP contribution in [0.25, 0.3) is 0 Å². The third-order valence-electron chi connectivity index (χ3n) is 7.24. The fourth-order valence-corrected chi connectivity index (χ4v) is 5.57. The second-order valence-electron chi connectivity index (χ2n) is 9.46. The van der Waals surface area contributed by atoms with E-state index in [0.717, 1.165) is 51.4 Å². The first-order valence-electron chi connectivity index (χ1n) is 11.9. The minimum atomic E-state index is -0.477. The first kappa shape index (κ1) is 21.3. The van der Waals surface area contributed by atoms with Gasteiger partial charge in [-0.3, -0.25) is 19.2 Å². The summed E-state index contributed by atoms with van der Waals surface area (Å²) >= 11 is 0.